The van der Waals surface area contributed by atoms with Crippen molar-refractivity contribution in [3.63, 3.8) is 0 Å². The van der Waals surface area contributed by atoms with E-state index in [1.807, 2.05) is 25.1 Å². The van der Waals surface area contributed by atoms with Gasteiger partial charge in [-0.2, -0.15) is 0 Å². The molecule has 86 valence electrons. The van der Waals surface area contributed by atoms with E-state index in [0.29, 0.717) is 11.0 Å². The third-order valence-corrected chi connectivity index (χ3v) is 2.83. The molecule has 0 radical (unpaired) electrons. The molecule has 0 fully saturated rings. The number of fused-ring (bicyclic) bond motifs is 3. The van der Waals surface area contributed by atoms with Gasteiger partial charge in [0, 0.05) is 10.9 Å². The standard InChI is InChI=1S/C11H10N4O2/c1-5-2-3-6-7(4-5)13-8-9(6)15(12)11(17)14-10(8)16/h2-4,13H,12H2,1H3,(H,14,16,17). The third kappa shape index (κ3) is 1.20. The minimum absolute atomic E-state index is 0.313. The second kappa shape index (κ2) is 3.00. The summed E-state index contributed by atoms with van der Waals surface area (Å²) in [5.41, 5.74) is 1.51. The SMILES string of the molecule is Cc1ccc2c(c1)[nH]c1c(=O)[nH]c(=O)n(N)c12. The van der Waals surface area contributed by atoms with E-state index >= 15 is 0 Å². The molecule has 17 heavy (non-hydrogen) atoms. The highest BCUT2D eigenvalue weighted by Crippen LogP contribution is 2.21. The van der Waals surface area contributed by atoms with Gasteiger partial charge in [0.15, 0.2) is 0 Å². The number of H-pyrrole nitrogens is 2. The summed E-state index contributed by atoms with van der Waals surface area (Å²) in [6, 6.07) is 5.65. The normalized spacial score (nSPS) is 11.4. The first-order valence-corrected chi connectivity index (χ1v) is 5.10. The predicted octanol–water partition coefficient (Wildman–Crippen LogP) is 0.193. The van der Waals surface area contributed by atoms with Crippen molar-refractivity contribution in [1.82, 2.24) is 14.6 Å². The van der Waals surface area contributed by atoms with Gasteiger partial charge in [-0.05, 0) is 18.6 Å². The van der Waals surface area contributed by atoms with Crippen molar-refractivity contribution in [2.75, 3.05) is 5.84 Å². The number of aromatic nitrogens is 3. The van der Waals surface area contributed by atoms with Gasteiger partial charge in [0.2, 0.25) is 0 Å². The maximum absolute atomic E-state index is 11.7. The Bertz CT molecular complexity index is 853. The van der Waals surface area contributed by atoms with Crippen LogP contribution in [0.25, 0.3) is 21.9 Å². The highest BCUT2D eigenvalue weighted by atomic mass is 16.2. The summed E-state index contributed by atoms with van der Waals surface area (Å²) in [5, 5.41) is 0.760. The lowest BCUT2D eigenvalue weighted by Gasteiger charge is -1.98. The summed E-state index contributed by atoms with van der Waals surface area (Å²) in [6.45, 7) is 1.95. The number of nitrogens with two attached hydrogens (primary N) is 1. The van der Waals surface area contributed by atoms with Crippen LogP contribution in [0.4, 0.5) is 0 Å². The first-order valence-electron chi connectivity index (χ1n) is 5.10. The molecule has 0 aliphatic carbocycles. The number of hydrogen-bond acceptors (Lipinski definition) is 3. The molecule has 0 aliphatic rings. The molecule has 6 heteroatoms. The quantitative estimate of drug-likeness (QED) is 0.481. The van der Waals surface area contributed by atoms with E-state index < -0.39 is 11.2 Å². The van der Waals surface area contributed by atoms with Gasteiger partial charge in [-0.3, -0.25) is 9.78 Å². The highest BCUT2D eigenvalue weighted by Gasteiger charge is 2.11. The molecule has 0 spiro atoms. The van der Waals surface area contributed by atoms with Crippen LogP contribution in [0, 0.1) is 6.92 Å². The summed E-state index contributed by atoms with van der Waals surface area (Å²) in [5.74, 6) is 5.65. The summed E-state index contributed by atoms with van der Waals surface area (Å²) in [6.07, 6.45) is 0. The second-order valence-corrected chi connectivity index (χ2v) is 4.03. The number of nitrogens with zero attached hydrogens (tertiary/aromatic N) is 1. The van der Waals surface area contributed by atoms with Crippen LogP contribution in [-0.4, -0.2) is 14.6 Å². The predicted molar refractivity (Wildman–Crippen MR) is 65.6 cm³/mol. The molecule has 3 rings (SSSR count). The lowest BCUT2D eigenvalue weighted by molar-refractivity contribution is 0.905. The van der Waals surface area contributed by atoms with Crippen molar-refractivity contribution in [2.45, 2.75) is 6.92 Å². The molecule has 0 atom stereocenters. The van der Waals surface area contributed by atoms with Crippen LogP contribution < -0.4 is 17.1 Å². The average Bonchev–Trinajstić information content (AvgIpc) is 2.65. The Hall–Kier alpha value is -2.50. The number of hydrogen-bond donors (Lipinski definition) is 3. The Balaban J connectivity index is 2.71. The van der Waals surface area contributed by atoms with Crippen molar-refractivity contribution in [3.05, 3.63) is 44.6 Å². The second-order valence-electron chi connectivity index (χ2n) is 4.03. The number of rotatable bonds is 0. The van der Waals surface area contributed by atoms with Crippen molar-refractivity contribution >= 4 is 21.9 Å². The summed E-state index contributed by atoms with van der Waals surface area (Å²) in [7, 11) is 0. The Kier molecular flexibility index (Phi) is 1.72. The monoisotopic (exact) mass is 230 g/mol. The average molecular weight is 230 g/mol. The zero-order chi connectivity index (χ0) is 12.2. The first kappa shape index (κ1) is 9.71. The molecule has 0 aliphatic heterocycles. The maximum Gasteiger partial charge on any atom is 0.347 e. The van der Waals surface area contributed by atoms with Gasteiger partial charge in [0.05, 0.1) is 0 Å². The van der Waals surface area contributed by atoms with E-state index in [1.165, 1.54) is 0 Å². The molecule has 3 aromatic rings. The molecule has 2 aromatic heterocycles. The molecular weight excluding hydrogens is 220 g/mol. The molecule has 1 aromatic carbocycles. The Labute approximate surface area is 94.7 Å². The van der Waals surface area contributed by atoms with Gasteiger partial charge in [-0.25, -0.2) is 9.47 Å². The van der Waals surface area contributed by atoms with Gasteiger partial charge in [-0.1, -0.05) is 12.1 Å². The van der Waals surface area contributed by atoms with Crippen LogP contribution in [0.5, 0.6) is 0 Å². The van der Waals surface area contributed by atoms with E-state index in [0.717, 1.165) is 21.1 Å². The molecular formula is C11H10N4O2. The number of aromatic amines is 2. The van der Waals surface area contributed by atoms with Crippen LogP contribution >= 0.6 is 0 Å². The Morgan fingerprint density at radius 2 is 2.00 bits per heavy atom. The van der Waals surface area contributed by atoms with Crippen molar-refractivity contribution in [2.24, 2.45) is 0 Å². The van der Waals surface area contributed by atoms with Gasteiger partial charge < -0.3 is 10.8 Å². The molecule has 6 nitrogen and oxygen atoms in total. The van der Waals surface area contributed by atoms with Crippen LogP contribution in [0.2, 0.25) is 0 Å². The molecule has 0 bridgehead atoms. The van der Waals surface area contributed by atoms with E-state index in [-0.39, 0.29) is 0 Å². The van der Waals surface area contributed by atoms with Crippen LogP contribution in [0.3, 0.4) is 0 Å². The third-order valence-electron chi connectivity index (χ3n) is 2.83. The minimum atomic E-state index is -0.621. The van der Waals surface area contributed by atoms with Gasteiger partial charge >= 0.3 is 5.69 Å². The number of nitrogen functional groups attached to an aromatic ring is 1. The molecule has 0 amide bonds. The fourth-order valence-corrected chi connectivity index (χ4v) is 2.03. The van der Waals surface area contributed by atoms with Gasteiger partial charge in [0.1, 0.15) is 11.0 Å². The minimum Gasteiger partial charge on any atom is -0.349 e. The number of nitrogens with one attached hydrogen (secondary N) is 2. The Morgan fingerprint density at radius 1 is 1.24 bits per heavy atom. The fourth-order valence-electron chi connectivity index (χ4n) is 2.03. The largest absolute Gasteiger partial charge is 0.349 e. The summed E-state index contributed by atoms with van der Waals surface area (Å²) >= 11 is 0. The molecule has 0 unspecified atom stereocenters. The fraction of sp³-hybridized carbons (Fsp3) is 0.0909. The topological polar surface area (TPSA) is 96.7 Å². The van der Waals surface area contributed by atoms with E-state index in [2.05, 4.69) is 9.97 Å². The summed E-state index contributed by atoms with van der Waals surface area (Å²) < 4.78 is 0.949. The van der Waals surface area contributed by atoms with E-state index in [4.69, 9.17) is 5.84 Å². The smallest absolute Gasteiger partial charge is 0.347 e. The van der Waals surface area contributed by atoms with Crippen molar-refractivity contribution in [3.8, 4) is 0 Å². The van der Waals surface area contributed by atoms with E-state index in [1.54, 1.807) is 0 Å². The van der Waals surface area contributed by atoms with Gasteiger partial charge in [0.25, 0.3) is 5.56 Å². The number of benzene rings is 1. The molecule has 0 saturated carbocycles. The zero-order valence-corrected chi connectivity index (χ0v) is 9.07. The number of aryl methyl sites for hydroxylation is 1. The lowest BCUT2D eigenvalue weighted by atomic mass is 10.2. The molecule has 2 heterocycles. The Morgan fingerprint density at radius 3 is 2.76 bits per heavy atom. The maximum atomic E-state index is 11.7. The van der Waals surface area contributed by atoms with Gasteiger partial charge in [-0.15, -0.1) is 0 Å². The van der Waals surface area contributed by atoms with E-state index in [9.17, 15) is 9.59 Å². The summed E-state index contributed by atoms with van der Waals surface area (Å²) in [4.78, 5) is 28.2. The molecule has 0 saturated heterocycles. The van der Waals surface area contributed by atoms with Crippen molar-refractivity contribution in [1.29, 1.82) is 0 Å². The first-order chi connectivity index (χ1) is 8.08. The highest BCUT2D eigenvalue weighted by molar-refractivity contribution is 6.04. The van der Waals surface area contributed by atoms with Crippen LogP contribution in [0.1, 0.15) is 5.56 Å². The van der Waals surface area contributed by atoms with Crippen molar-refractivity contribution < 1.29 is 0 Å². The molecule has 4 N–H and O–H groups in total. The lowest BCUT2D eigenvalue weighted by Crippen LogP contribution is -2.34. The van der Waals surface area contributed by atoms with Crippen LogP contribution in [0.15, 0.2) is 27.8 Å². The zero-order valence-electron chi connectivity index (χ0n) is 9.07. The van der Waals surface area contributed by atoms with Crippen LogP contribution in [-0.2, 0) is 0 Å².